The summed E-state index contributed by atoms with van der Waals surface area (Å²) in [5.74, 6) is -3.26. The van der Waals surface area contributed by atoms with Gasteiger partial charge >= 0.3 is 5.97 Å². The molecule has 1 aliphatic carbocycles. The van der Waals surface area contributed by atoms with Crippen LogP contribution in [0.3, 0.4) is 0 Å². The number of nitrogens with zero attached hydrogens (tertiary/aromatic N) is 2. The Kier molecular flexibility index (Phi) is 10.7. The molecule has 0 saturated carbocycles. The highest BCUT2D eigenvalue weighted by atomic mass is 16.4. The van der Waals surface area contributed by atoms with Crippen molar-refractivity contribution in [1.82, 2.24) is 9.88 Å². The second-order valence-corrected chi connectivity index (χ2v) is 11.1. The summed E-state index contributed by atoms with van der Waals surface area (Å²) < 4.78 is 0. The van der Waals surface area contributed by atoms with Gasteiger partial charge in [-0.2, -0.15) is 0 Å². The third kappa shape index (κ3) is 6.97. The topological polar surface area (TPSA) is 148 Å². The van der Waals surface area contributed by atoms with Gasteiger partial charge in [0.15, 0.2) is 0 Å². The first-order chi connectivity index (χ1) is 20.3. The van der Waals surface area contributed by atoms with Crippen LogP contribution < -0.4 is 0 Å². The molecule has 0 spiro atoms. The maximum absolute atomic E-state index is 13.5. The van der Waals surface area contributed by atoms with Crippen molar-refractivity contribution >= 4 is 29.4 Å². The van der Waals surface area contributed by atoms with Crippen LogP contribution in [-0.4, -0.2) is 67.3 Å². The van der Waals surface area contributed by atoms with E-state index >= 15 is 0 Å². The molecule has 0 unspecified atom stereocenters. The van der Waals surface area contributed by atoms with Crippen LogP contribution in [0.15, 0.2) is 59.8 Å². The number of aliphatic hydroxyl groups excluding tert-OH is 2. The van der Waals surface area contributed by atoms with Crippen molar-refractivity contribution < 1.29 is 34.8 Å². The highest BCUT2D eigenvalue weighted by molar-refractivity contribution is 6.05. The average Bonchev–Trinajstić information content (AvgIpc) is 3.23. The molecule has 224 valence electrons. The molecule has 2 amide bonds. The molecule has 1 fully saturated rings. The number of aliphatic carboxylic acids is 1. The summed E-state index contributed by atoms with van der Waals surface area (Å²) in [6, 6.07) is 12.6. The summed E-state index contributed by atoms with van der Waals surface area (Å²) in [6.07, 6.45) is 5.93. The number of para-hydroxylation sites is 1. The Morgan fingerprint density at radius 3 is 2.50 bits per heavy atom. The van der Waals surface area contributed by atoms with E-state index in [9.17, 15) is 29.7 Å². The number of imide groups is 1. The molecular formula is C33H40N2O7. The van der Waals surface area contributed by atoms with Gasteiger partial charge in [0.05, 0.1) is 30.2 Å². The predicted molar refractivity (Wildman–Crippen MR) is 158 cm³/mol. The fourth-order valence-corrected chi connectivity index (χ4v) is 6.38. The first kappa shape index (κ1) is 31.1. The van der Waals surface area contributed by atoms with Gasteiger partial charge in [0.1, 0.15) is 5.75 Å². The fraction of sp³-hybridized carbons (Fsp3) is 0.455. The zero-order valence-electron chi connectivity index (χ0n) is 24.0. The van der Waals surface area contributed by atoms with Crippen LogP contribution in [0, 0.1) is 17.8 Å². The summed E-state index contributed by atoms with van der Waals surface area (Å²) in [4.78, 5) is 43.3. The predicted octanol–water partition coefficient (Wildman–Crippen LogP) is 4.43. The molecule has 2 heterocycles. The third-order valence-electron chi connectivity index (χ3n) is 8.48. The molecule has 4 atom stereocenters. The zero-order valence-corrected chi connectivity index (χ0v) is 24.0. The molecule has 0 bridgehead atoms. The highest BCUT2D eigenvalue weighted by Gasteiger charge is 2.54. The van der Waals surface area contributed by atoms with E-state index in [4.69, 9.17) is 5.11 Å². The van der Waals surface area contributed by atoms with E-state index in [-0.39, 0.29) is 37.1 Å². The van der Waals surface area contributed by atoms with Crippen molar-refractivity contribution in [2.45, 2.75) is 64.4 Å². The van der Waals surface area contributed by atoms with Crippen molar-refractivity contribution in [2.24, 2.45) is 17.8 Å². The Bertz CT molecular complexity index is 1340. The number of carbonyl (C=O) groups excluding carboxylic acids is 2. The summed E-state index contributed by atoms with van der Waals surface area (Å²) in [7, 11) is 0. The number of amides is 2. The number of pyridine rings is 1. The summed E-state index contributed by atoms with van der Waals surface area (Å²) >= 11 is 0. The van der Waals surface area contributed by atoms with E-state index in [1.165, 1.54) is 4.90 Å². The van der Waals surface area contributed by atoms with Gasteiger partial charge in [-0.15, -0.1) is 0 Å². The standard InChI is InChI=1S/C33H40N2O7/c1-2-21-19-24-31(33(42)35(32(24)41)17-9-3-4-13-29(39)40)25(20-36)30(21)28(38)15-14-22(26-11-7-8-16-34-26)18-23-10-5-6-12-27(23)37/h5-8,10-12,16,18,24-25,28,31,36-38H,2-4,9,13-15,17,19-20H2,1H3,(H,39,40)/b22-18-/t24-,25+,28-,31-/m1/s1. The average molecular weight is 577 g/mol. The molecular weight excluding hydrogens is 536 g/mol. The van der Waals surface area contributed by atoms with Gasteiger partial charge in [0, 0.05) is 30.6 Å². The highest BCUT2D eigenvalue weighted by Crippen LogP contribution is 2.47. The molecule has 1 aromatic carbocycles. The van der Waals surface area contributed by atoms with Gasteiger partial charge in [0.2, 0.25) is 11.8 Å². The molecule has 42 heavy (non-hydrogen) atoms. The second kappa shape index (κ2) is 14.4. The molecule has 1 saturated heterocycles. The van der Waals surface area contributed by atoms with Crippen LogP contribution in [0.25, 0.3) is 11.6 Å². The number of likely N-dealkylation sites (tertiary alicyclic amines) is 1. The number of phenolic OH excluding ortho intramolecular Hbond substituents is 1. The Labute approximate surface area is 246 Å². The molecule has 0 radical (unpaired) electrons. The van der Waals surface area contributed by atoms with Crippen LogP contribution >= 0.6 is 0 Å². The van der Waals surface area contributed by atoms with Crippen LogP contribution in [0.1, 0.15) is 69.5 Å². The van der Waals surface area contributed by atoms with Crippen LogP contribution in [0.4, 0.5) is 0 Å². The number of unbranched alkanes of at least 4 members (excludes halogenated alkanes) is 2. The number of hydrogen-bond donors (Lipinski definition) is 4. The summed E-state index contributed by atoms with van der Waals surface area (Å²) in [5, 5.41) is 41.2. The Morgan fingerprint density at radius 2 is 1.83 bits per heavy atom. The van der Waals surface area contributed by atoms with Crippen molar-refractivity contribution in [3.05, 3.63) is 71.1 Å². The maximum Gasteiger partial charge on any atom is 0.303 e. The summed E-state index contributed by atoms with van der Waals surface area (Å²) in [6.45, 7) is 1.82. The molecule has 2 aromatic rings. The first-order valence-electron chi connectivity index (χ1n) is 14.7. The lowest BCUT2D eigenvalue weighted by atomic mass is 9.67. The number of carboxylic acid groups (broad SMARTS) is 1. The van der Waals surface area contributed by atoms with E-state index in [0.717, 1.165) is 16.8 Å². The van der Waals surface area contributed by atoms with Crippen molar-refractivity contribution in [3.8, 4) is 5.75 Å². The van der Waals surface area contributed by atoms with E-state index in [1.807, 2.05) is 37.3 Å². The fourth-order valence-electron chi connectivity index (χ4n) is 6.38. The minimum absolute atomic E-state index is 0.0501. The monoisotopic (exact) mass is 576 g/mol. The number of carbonyl (C=O) groups is 3. The van der Waals surface area contributed by atoms with Gasteiger partial charge in [0.25, 0.3) is 0 Å². The van der Waals surface area contributed by atoms with Gasteiger partial charge in [-0.05, 0) is 73.9 Å². The first-order valence-corrected chi connectivity index (χ1v) is 14.7. The number of carboxylic acids is 1. The normalized spacial score (nSPS) is 21.5. The van der Waals surface area contributed by atoms with Crippen LogP contribution in [0.5, 0.6) is 5.75 Å². The SMILES string of the molecule is CCC1=C([C@H](O)CC/C(=C/c2ccccc2O)c2ccccn2)[C@H](CO)[C@@H]2C(=O)N(CCCCCC(=O)O)C(=O)[C@@H]2C1. The molecule has 4 N–H and O–H groups in total. The quantitative estimate of drug-likeness (QED) is 0.147. The maximum atomic E-state index is 13.5. The number of rotatable bonds is 14. The second-order valence-electron chi connectivity index (χ2n) is 11.1. The van der Waals surface area contributed by atoms with Gasteiger partial charge < -0.3 is 20.4 Å². The number of phenols is 1. The van der Waals surface area contributed by atoms with Crippen molar-refractivity contribution in [1.29, 1.82) is 0 Å². The third-order valence-corrected chi connectivity index (χ3v) is 8.48. The van der Waals surface area contributed by atoms with Crippen molar-refractivity contribution in [2.75, 3.05) is 13.2 Å². The lowest BCUT2D eigenvalue weighted by molar-refractivity contribution is -0.141. The lowest BCUT2D eigenvalue weighted by Crippen LogP contribution is -2.39. The minimum Gasteiger partial charge on any atom is -0.507 e. The molecule has 9 nitrogen and oxygen atoms in total. The Balaban J connectivity index is 1.53. The number of aromatic nitrogens is 1. The largest absolute Gasteiger partial charge is 0.507 e. The Morgan fingerprint density at radius 1 is 1.07 bits per heavy atom. The van der Waals surface area contributed by atoms with Crippen LogP contribution in [-0.2, 0) is 14.4 Å². The van der Waals surface area contributed by atoms with Gasteiger partial charge in [-0.1, -0.05) is 43.2 Å². The molecule has 9 heteroatoms. The summed E-state index contributed by atoms with van der Waals surface area (Å²) in [5.41, 5.74) is 3.72. The van der Waals surface area contributed by atoms with E-state index < -0.39 is 29.8 Å². The van der Waals surface area contributed by atoms with Crippen LogP contribution in [0.2, 0.25) is 0 Å². The van der Waals surface area contributed by atoms with Gasteiger partial charge in [-0.3, -0.25) is 24.3 Å². The zero-order chi connectivity index (χ0) is 30.2. The lowest BCUT2D eigenvalue weighted by Gasteiger charge is -2.36. The molecule has 2 aliphatic rings. The number of hydrogen-bond acceptors (Lipinski definition) is 7. The number of allylic oxidation sites excluding steroid dienone is 2. The van der Waals surface area contributed by atoms with Crippen molar-refractivity contribution in [3.63, 3.8) is 0 Å². The van der Waals surface area contributed by atoms with Gasteiger partial charge in [-0.25, -0.2) is 0 Å². The molecule has 1 aliphatic heterocycles. The Hall–Kier alpha value is -3.82. The smallest absolute Gasteiger partial charge is 0.303 e. The molecule has 1 aromatic heterocycles. The molecule has 4 rings (SSSR count). The van der Waals surface area contributed by atoms with E-state index in [1.54, 1.807) is 24.4 Å². The van der Waals surface area contributed by atoms with E-state index in [0.29, 0.717) is 56.1 Å². The number of fused-ring (bicyclic) bond motifs is 1. The number of aromatic hydroxyl groups is 1. The van der Waals surface area contributed by atoms with E-state index in [2.05, 4.69) is 4.98 Å². The minimum atomic E-state index is -0.942. The number of benzene rings is 1. The number of aliphatic hydroxyl groups is 2.